The van der Waals surface area contributed by atoms with Crippen molar-refractivity contribution < 1.29 is 4.79 Å². The van der Waals surface area contributed by atoms with Crippen LogP contribution in [0.4, 0.5) is 0 Å². The average Bonchev–Trinajstić information content (AvgIpc) is 2.82. The Morgan fingerprint density at radius 3 is 2.64 bits per heavy atom. The molecule has 0 amide bonds. The third kappa shape index (κ3) is 7.53. The number of ketones is 1. The summed E-state index contributed by atoms with van der Waals surface area (Å²) in [5, 5.41) is 15.8. The molecule has 0 saturated heterocycles. The van der Waals surface area contributed by atoms with Crippen LogP contribution >= 0.6 is 11.6 Å². The van der Waals surface area contributed by atoms with Gasteiger partial charge in [0.05, 0.1) is 23.1 Å². The molecule has 2 aromatic rings. The number of benzene rings is 1. The molecule has 5 nitrogen and oxygen atoms in total. The maximum atomic E-state index is 11.2. The molecular weight excluding hydrogens is 468 g/mol. The van der Waals surface area contributed by atoms with Crippen LogP contribution < -0.4 is 10.6 Å². The monoisotopic (exact) mass is 502 g/mol. The number of allylic oxidation sites excluding steroid dienone is 5. The van der Waals surface area contributed by atoms with Crippen LogP contribution in [0.1, 0.15) is 62.0 Å². The molecule has 6 heteroatoms. The zero-order valence-electron chi connectivity index (χ0n) is 21.5. The lowest BCUT2D eigenvalue weighted by Crippen LogP contribution is -2.20. The van der Waals surface area contributed by atoms with Crippen LogP contribution in [0.2, 0.25) is 5.02 Å². The van der Waals surface area contributed by atoms with Crippen LogP contribution in [0.25, 0.3) is 11.3 Å². The molecule has 3 N–H and O–H groups in total. The number of carbonyl (C=O) groups excluding carboxylic acids is 1. The number of halogens is 1. The van der Waals surface area contributed by atoms with E-state index in [9.17, 15) is 4.79 Å². The topological polar surface area (TPSA) is 77.9 Å². The molecule has 1 aromatic heterocycles. The van der Waals surface area contributed by atoms with E-state index in [1.54, 1.807) is 6.92 Å². The summed E-state index contributed by atoms with van der Waals surface area (Å²) in [5.74, 6) is 0.611. The summed E-state index contributed by atoms with van der Waals surface area (Å²) in [5.41, 5.74) is 7.06. The standard InChI is InChI=1S/C30H35ClN4O/c1-19(2)14-30(24-7-11-29(34-17-24)22(5)33-13-12-21(4)36)35-18-25-16-23(6-10-28(25)32)27-9-8-26(31)15-20(27)3/h6-11,15-19,30,32-33,35H,5,12-14H2,1-4H3/b25-18-,32-28?. The van der Waals surface area contributed by atoms with E-state index in [1.165, 1.54) is 0 Å². The fourth-order valence-electron chi connectivity index (χ4n) is 4.03. The number of hydrogen-bond acceptors (Lipinski definition) is 5. The minimum atomic E-state index is 0.0470. The Hall–Kier alpha value is -3.44. The Balaban J connectivity index is 1.78. The van der Waals surface area contributed by atoms with Crippen molar-refractivity contribution in [1.82, 2.24) is 15.6 Å². The lowest BCUT2D eigenvalue weighted by molar-refractivity contribution is -0.116. The van der Waals surface area contributed by atoms with Gasteiger partial charge in [0.25, 0.3) is 0 Å². The summed E-state index contributed by atoms with van der Waals surface area (Å²) in [7, 11) is 0. The highest BCUT2D eigenvalue weighted by Gasteiger charge is 2.15. The van der Waals surface area contributed by atoms with E-state index in [4.69, 9.17) is 17.0 Å². The third-order valence-electron chi connectivity index (χ3n) is 6.01. The Morgan fingerprint density at radius 1 is 1.22 bits per heavy atom. The molecular formula is C30H35ClN4O. The number of rotatable bonds is 11. The molecule has 1 aromatic carbocycles. The molecule has 1 aliphatic carbocycles. The second kappa shape index (κ2) is 12.5. The van der Waals surface area contributed by atoms with E-state index in [0.29, 0.717) is 35.3 Å². The highest BCUT2D eigenvalue weighted by Crippen LogP contribution is 2.28. The van der Waals surface area contributed by atoms with Crippen molar-refractivity contribution in [2.45, 2.75) is 46.6 Å². The molecule has 0 aliphatic heterocycles. The number of nitrogens with zero attached hydrogens (tertiary/aromatic N) is 1. The van der Waals surface area contributed by atoms with Gasteiger partial charge >= 0.3 is 0 Å². The van der Waals surface area contributed by atoms with Crippen molar-refractivity contribution in [3.05, 3.63) is 101 Å². The van der Waals surface area contributed by atoms with Crippen molar-refractivity contribution in [1.29, 1.82) is 5.41 Å². The highest BCUT2D eigenvalue weighted by molar-refractivity contribution is 6.30. The first-order valence-corrected chi connectivity index (χ1v) is 12.6. The first-order valence-electron chi connectivity index (χ1n) is 12.2. The number of aryl methyl sites for hydroxylation is 1. The van der Waals surface area contributed by atoms with Crippen molar-refractivity contribution in [3.8, 4) is 0 Å². The summed E-state index contributed by atoms with van der Waals surface area (Å²) in [6, 6.07) is 9.92. The van der Waals surface area contributed by atoms with Crippen molar-refractivity contribution in [2.24, 2.45) is 5.92 Å². The lowest BCUT2D eigenvalue weighted by Gasteiger charge is -2.21. The van der Waals surface area contributed by atoms with Crippen LogP contribution in [0.5, 0.6) is 0 Å². The van der Waals surface area contributed by atoms with Crippen LogP contribution in [0.3, 0.4) is 0 Å². The van der Waals surface area contributed by atoms with Gasteiger partial charge in [-0.3, -0.25) is 9.78 Å². The molecule has 1 atom stereocenters. The first-order chi connectivity index (χ1) is 17.1. The van der Waals surface area contributed by atoms with Crippen LogP contribution in [0, 0.1) is 18.3 Å². The Labute approximate surface area is 219 Å². The number of hydrogen-bond donors (Lipinski definition) is 3. The van der Waals surface area contributed by atoms with Gasteiger partial charge in [0, 0.05) is 36.0 Å². The van der Waals surface area contributed by atoms with Gasteiger partial charge in [0.2, 0.25) is 0 Å². The maximum absolute atomic E-state index is 11.2. The Kier molecular flexibility index (Phi) is 9.43. The zero-order valence-corrected chi connectivity index (χ0v) is 22.2. The highest BCUT2D eigenvalue weighted by atomic mass is 35.5. The fourth-order valence-corrected chi connectivity index (χ4v) is 4.26. The Morgan fingerprint density at radius 2 is 2.00 bits per heavy atom. The Bertz CT molecular complexity index is 1220. The van der Waals surface area contributed by atoms with E-state index in [2.05, 4.69) is 42.1 Å². The van der Waals surface area contributed by atoms with Gasteiger partial charge in [0.15, 0.2) is 0 Å². The maximum Gasteiger partial charge on any atom is 0.131 e. The molecule has 0 fully saturated rings. The SMILES string of the molecule is C=C(NCCC(C)=O)c1ccc(C(CC(C)C)N/C=C2/C=C(c3ccc(Cl)cc3C)C=CC2=N)cn1. The summed E-state index contributed by atoms with van der Waals surface area (Å²) in [6.07, 6.45) is 11.0. The van der Waals surface area contributed by atoms with Crippen LogP contribution in [-0.2, 0) is 4.79 Å². The van der Waals surface area contributed by atoms with Gasteiger partial charge in [-0.05, 0) is 78.8 Å². The summed E-state index contributed by atoms with van der Waals surface area (Å²) >= 11 is 6.13. The normalized spacial score (nSPS) is 15.1. The minimum Gasteiger partial charge on any atom is -0.383 e. The molecule has 0 bridgehead atoms. The van der Waals surface area contributed by atoms with Gasteiger partial charge < -0.3 is 16.0 Å². The summed E-state index contributed by atoms with van der Waals surface area (Å²) < 4.78 is 0. The van der Waals surface area contributed by atoms with Gasteiger partial charge in [-0.1, -0.05) is 50.2 Å². The number of pyridine rings is 1. The smallest absolute Gasteiger partial charge is 0.131 e. The molecule has 0 spiro atoms. The van der Waals surface area contributed by atoms with Gasteiger partial charge in [-0.15, -0.1) is 0 Å². The van der Waals surface area contributed by atoms with E-state index >= 15 is 0 Å². The molecule has 1 unspecified atom stereocenters. The van der Waals surface area contributed by atoms with Gasteiger partial charge in [-0.2, -0.15) is 0 Å². The van der Waals surface area contributed by atoms with Crippen molar-refractivity contribution in [3.63, 3.8) is 0 Å². The summed E-state index contributed by atoms with van der Waals surface area (Å²) in [4.78, 5) is 15.8. The fraction of sp³-hybridized carbons (Fsp3) is 0.300. The molecule has 188 valence electrons. The van der Waals surface area contributed by atoms with Crippen LogP contribution in [0.15, 0.2) is 73.1 Å². The zero-order chi connectivity index (χ0) is 26.2. The molecule has 0 saturated carbocycles. The largest absolute Gasteiger partial charge is 0.383 e. The molecule has 36 heavy (non-hydrogen) atoms. The summed E-state index contributed by atoms with van der Waals surface area (Å²) in [6.45, 7) is 12.6. The molecule has 1 aliphatic rings. The van der Waals surface area contributed by atoms with E-state index in [1.807, 2.05) is 61.8 Å². The molecule has 1 heterocycles. The predicted octanol–water partition coefficient (Wildman–Crippen LogP) is 6.82. The van der Waals surface area contributed by atoms with E-state index in [-0.39, 0.29) is 11.8 Å². The number of nitrogens with one attached hydrogen (secondary N) is 3. The van der Waals surface area contributed by atoms with E-state index in [0.717, 1.165) is 40.0 Å². The van der Waals surface area contributed by atoms with Gasteiger partial charge in [0.1, 0.15) is 5.78 Å². The van der Waals surface area contributed by atoms with Crippen molar-refractivity contribution in [2.75, 3.05) is 6.54 Å². The number of carbonyl (C=O) groups is 1. The molecule has 3 rings (SSSR count). The predicted molar refractivity (Wildman–Crippen MR) is 151 cm³/mol. The second-order valence-electron chi connectivity index (χ2n) is 9.59. The van der Waals surface area contributed by atoms with Crippen LogP contribution in [-0.4, -0.2) is 23.0 Å². The quantitative estimate of drug-likeness (QED) is 0.315. The number of aromatic nitrogens is 1. The van der Waals surface area contributed by atoms with Crippen molar-refractivity contribution >= 4 is 34.4 Å². The second-order valence-corrected chi connectivity index (χ2v) is 10.0. The first kappa shape index (κ1) is 27.2. The average molecular weight is 503 g/mol. The van der Waals surface area contributed by atoms with Gasteiger partial charge in [-0.25, -0.2) is 0 Å². The van der Waals surface area contributed by atoms with E-state index < -0.39 is 0 Å². The lowest BCUT2D eigenvalue weighted by atomic mass is 9.93. The minimum absolute atomic E-state index is 0.0470. The third-order valence-corrected chi connectivity index (χ3v) is 6.25. The number of Topliss-reactive ketones (excluding diaryl/α,β-unsaturated/α-hetero) is 1. The molecule has 0 radical (unpaired) electrons.